The molecule has 1 amide bonds. The summed E-state index contributed by atoms with van der Waals surface area (Å²) in [4.78, 5) is 13.7. The van der Waals surface area contributed by atoms with Gasteiger partial charge in [0.25, 0.3) is 10.1 Å². The molecule has 0 unspecified atom stereocenters. The number of rotatable bonds is 7. The molecule has 0 fully saturated rings. The highest BCUT2D eigenvalue weighted by atomic mass is 32.2. The first-order chi connectivity index (χ1) is 11.4. The smallest absolute Gasteiger partial charge is 0.274 e. The number of carbonyl (C=O) groups excluding carboxylic acids is 1. The van der Waals surface area contributed by atoms with Gasteiger partial charge in [-0.05, 0) is 30.7 Å². The van der Waals surface area contributed by atoms with Crippen LogP contribution in [-0.2, 0) is 21.5 Å². The maximum absolute atomic E-state index is 11.6. The summed E-state index contributed by atoms with van der Waals surface area (Å²) in [5, 5.41) is 2.48. The minimum atomic E-state index is -4.34. The van der Waals surface area contributed by atoms with Crippen LogP contribution in [0.1, 0.15) is 12.5 Å². The predicted octanol–water partition coefficient (Wildman–Crippen LogP) is 2.54. The Morgan fingerprint density at radius 3 is 2.46 bits per heavy atom. The van der Waals surface area contributed by atoms with E-state index in [1.165, 1.54) is 5.56 Å². The maximum atomic E-state index is 11.6. The molecule has 0 heterocycles. The predicted molar refractivity (Wildman–Crippen MR) is 94.7 cm³/mol. The molecule has 2 N–H and O–H groups in total. The van der Waals surface area contributed by atoms with E-state index in [0.29, 0.717) is 5.69 Å². The van der Waals surface area contributed by atoms with Crippen LogP contribution in [0.15, 0.2) is 54.6 Å². The average Bonchev–Trinajstić information content (AvgIpc) is 2.52. The Morgan fingerprint density at radius 2 is 1.83 bits per heavy atom. The summed E-state index contributed by atoms with van der Waals surface area (Å²) in [5.41, 5.74) is 2.55. The number of carbonyl (C=O) groups is 1. The van der Waals surface area contributed by atoms with Crippen LogP contribution in [-0.4, -0.2) is 31.2 Å². The SMILES string of the molecule is CCN(Cc1ccccc1)c1cccc(NC(=O)CS(=O)(=O)O)c1. The van der Waals surface area contributed by atoms with Gasteiger partial charge in [0.2, 0.25) is 5.91 Å². The Kier molecular flexibility index (Phi) is 5.94. The summed E-state index contributed by atoms with van der Waals surface area (Å²) >= 11 is 0. The molecule has 7 heteroatoms. The van der Waals surface area contributed by atoms with Crippen molar-refractivity contribution in [3.05, 3.63) is 60.2 Å². The zero-order valence-corrected chi connectivity index (χ0v) is 14.2. The van der Waals surface area contributed by atoms with Crippen LogP contribution in [0.3, 0.4) is 0 Å². The van der Waals surface area contributed by atoms with Crippen LogP contribution in [0, 0.1) is 0 Å². The van der Waals surface area contributed by atoms with Crippen LogP contribution in [0.25, 0.3) is 0 Å². The van der Waals surface area contributed by atoms with Crippen molar-refractivity contribution in [1.29, 1.82) is 0 Å². The first-order valence-electron chi connectivity index (χ1n) is 7.51. The lowest BCUT2D eigenvalue weighted by atomic mass is 10.2. The van der Waals surface area contributed by atoms with Gasteiger partial charge in [0.05, 0.1) is 0 Å². The monoisotopic (exact) mass is 348 g/mol. The number of nitrogens with one attached hydrogen (secondary N) is 1. The van der Waals surface area contributed by atoms with Gasteiger partial charge in [-0.25, -0.2) is 0 Å². The fourth-order valence-electron chi connectivity index (χ4n) is 2.33. The van der Waals surface area contributed by atoms with Crippen molar-refractivity contribution in [2.75, 3.05) is 22.5 Å². The quantitative estimate of drug-likeness (QED) is 0.751. The highest BCUT2D eigenvalue weighted by Crippen LogP contribution is 2.21. The molecule has 0 aliphatic rings. The molecule has 0 spiro atoms. The maximum Gasteiger partial charge on any atom is 0.274 e. The minimum Gasteiger partial charge on any atom is -0.367 e. The highest BCUT2D eigenvalue weighted by molar-refractivity contribution is 7.86. The van der Waals surface area contributed by atoms with E-state index < -0.39 is 21.8 Å². The average molecular weight is 348 g/mol. The van der Waals surface area contributed by atoms with Gasteiger partial charge >= 0.3 is 0 Å². The molecule has 128 valence electrons. The first kappa shape index (κ1) is 18.0. The minimum absolute atomic E-state index is 0.479. The molecule has 0 aromatic heterocycles. The Bertz CT molecular complexity index is 791. The Labute approximate surface area is 141 Å². The summed E-state index contributed by atoms with van der Waals surface area (Å²) in [7, 11) is -4.34. The van der Waals surface area contributed by atoms with E-state index in [9.17, 15) is 13.2 Å². The summed E-state index contributed by atoms with van der Waals surface area (Å²) < 4.78 is 30.2. The Morgan fingerprint density at radius 1 is 1.12 bits per heavy atom. The standard InChI is InChI=1S/C17H20N2O4S/c1-2-19(12-14-7-4-3-5-8-14)16-10-6-9-15(11-16)18-17(20)13-24(21,22)23/h3-11H,2,12-13H2,1H3,(H,18,20)(H,21,22,23). The molecule has 0 saturated carbocycles. The van der Waals surface area contributed by atoms with E-state index in [1.54, 1.807) is 18.2 Å². The van der Waals surface area contributed by atoms with Crippen LogP contribution >= 0.6 is 0 Å². The lowest BCUT2D eigenvalue weighted by Gasteiger charge is -2.24. The van der Waals surface area contributed by atoms with E-state index in [4.69, 9.17) is 4.55 Å². The van der Waals surface area contributed by atoms with Crippen molar-refractivity contribution < 1.29 is 17.8 Å². The van der Waals surface area contributed by atoms with Crippen LogP contribution in [0.4, 0.5) is 11.4 Å². The van der Waals surface area contributed by atoms with Crippen LogP contribution < -0.4 is 10.2 Å². The van der Waals surface area contributed by atoms with Crippen molar-refractivity contribution in [1.82, 2.24) is 0 Å². The third-order valence-electron chi connectivity index (χ3n) is 3.41. The van der Waals surface area contributed by atoms with Gasteiger partial charge in [0, 0.05) is 24.5 Å². The highest BCUT2D eigenvalue weighted by Gasteiger charge is 2.13. The summed E-state index contributed by atoms with van der Waals surface area (Å²) in [6.07, 6.45) is 0. The fraction of sp³-hybridized carbons (Fsp3) is 0.235. The van der Waals surface area contributed by atoms with E-state index in [1.807, 2.05) is 43.3 Å². The van der Waals surface area contributed by atoms with Gasteiger partial charge in [-0.2, -0.15) is 8.42 Å². The third kappa shape index (κ3) is 5.68. The number of benzene rings is 2. The molecule has 6 nitrogen and oxygen atoms in total. The molecule has 24 heavy (non-hydrogen) atoms. The second-order valence-electron chi connectivity index (χ2n) is 5.32. The molecule has 2 aromatic carbocycles. The second-order valence-corrected chi connectivity index (χ2v) is 6.78. The summed E-state index contributed by atoms with van der Waals surface area (Å²) in [5.74, 6) is -1.74. The number of anilines is 2. The van der Waals surface area contributed by atoms with Gasteiger partial charge in [-0.1, -0.05) is 36.4 Å². The van der Waals surface area contributed by atoms with Gasteiger partial charge in [-0.3, -0.25) is 9.35 Å². The molecular formula is C17H20N2O4S. The normalized spacial score (nSPS) is 11.1. The van der Waals surface area contributed by atoms with E-state index in [0.717, 1.165) is 18.8 Å². The third-order valence-corrected chi connectivity index (χ3v) is 4.03. The number of amides is 1. The molecule has 0 aliphatic carbocycles. The molecule has 0 radical (unpaired) electrons. The van der Waals surface area contributed by atoms with Crippen LogP contribution in [0.5, 0.6) is 0 Å². The number of nitrogens with zero attached hydrogens (tertiary/aromatic N) is 1. The largest absolute Gasteiger partial charge is 0.367 e. The fourth-order valence-corrected chi connectivity index (χ4v) is 2.74. The van der Waals surface area contributed by atoms with E-state index >= 15 is 0 Å². The van der Waals surface area contributed by atoms with Crippen molar-refractivity contribution in [2.24, 2.45) is 0 Å². The molecule has 0 atom stereocenters. The molecule has 0 bridgehead atoms. The molecule has 0 saturated heterocycles. The van der Waals surface area contributed by atoms with Gasteiger partial charge < -0.3 is 10.2 Å². The van der Waals surface area contributed by atoms with Crippen molar-refractivity contribution in [2.45, 2.75) is 13.5 Å². The lowest BCUT2D eigenvalue weighted by molar-refractivity contribution is -0.113. The second kappa shape index (κ2) is 7.94. The molecule has 2 rings (SSSR count). The number of hydrogen-bond donors (Lipinski definition) is 2. The molecular weight excluding hydrogens is 328 g/mol. The Hall–Kier alpha value is -2.38. The van der Waals surface area contributed by atoms with Gasteiger partial charge in [-0.15, -0.1) is 0 Å². The van der Waals surface area contributed by atoms with Crippen molar-refractivity contribution >= 4 is 27.4 Å². The lowest BCUT2D eigenvalue weighted by Crippen LogP contribution is -2.23. The van der Waals surface area contributed by atoms with Gasteiger partial charge in [0.15, 0.2) is 5.75 Å². The number of hydrogen-bond acceptors (Lipinski definition) is 4. The first-order valence-corrected chi connectivity index (χ1v) is 9.12. The molecule has 0 aliphatic heterocycles. The summed E-state index contributed by atoms with van der Waals surface area (Å²) in [6, 6.07) is 17.2. The Balaban J connectivity index is 2.11. The van der Waals surface area contributed by atoms with Crippen molar-refractivity contribution in [3.8, 4) is 0 Å². The topological polar surface area (TPSA) is 86.7 Å². The zero-order valence-electron chi connectivity index (χ0n) is 13.3. The van der Waals surface area contributed by atoms with Gasteiger partial charge in [0.1, 0.15) is 0 Å². The summed E-state index contributed by atoms with van der Waals surface area (Å²) in [6.45, 7) is 3.53. The van der Waals surface area contributed by atoms with Crippen LogP contribution in [0.2, 0.25) is 0 Å². The van der Waals surface area contributed by atoms with Crippen molar-refractivity contribution in [3.63, 3.8) is 0 Å². The van der Waals surface area contributed by atoms with E-state index in [-0.39, 0.29) is 0 Å². The molecule has 2 aromatic rings. The van der Waals surface area contributed by atoms with E-state index in [2.05, 4.69) is 10.2 Å². The zero-order chi connectivity index (χ0) is 17.6.